The molecule has 36 heavy (non-hydrogen) atoms. The number of nitrogens with one attached hydrogen (secondary N) is 1. The van der Waals surface area contributed by atoms with E-state index in [-0.39, 0.29) is 36.8 Å². The Morgan fingerprint density at radius 1 is 1.19 bits per heavy atom. The number of hydrogen-bond donors (Lipinski definition) is 2. The zero-order valence-corrected chi connectivity index (χ0v) is 21.5. The molecule has 0 saturated carbocycles. The highest BCUT2D eigenvalue weighted by molar-refractivity contribution is 7.59. The summed E-state index contributed by atoms with van der Waals surface area (Å²) in [4.78, 5) is 23.7. The summed E-state index contributed by atoms with van der Waals surface area (Å²) in [5.41, 5.74) is 10.4. The number of benzene rings is 2. The average molecular weight is 549 g/mol. The van der Waals surface area contributed by atoms with E-state index in [1.54, 1.807) is 28.6 Å². The molecule has 0 bridgehead atoms. The Morgan fingerprint density at radius 2 is 1.97 bits per heavy atom. The first kappa shape index (κ1) is 26.1. The summed E-state index contributed by atoms with van der Waals surface area (Å²) in [5, 5.41) is 5.13. The summed E-state index contributed by atoms with van der Waals surface area (Å²) >= 11 is 7.29. The second-order valence-corrected chi connectivity index (χ2v) is 9.31. The topological polar surface area (TPSA) is 89.1 Å². The summed E-state index contributed by atoms with van der Waals surface area (Å²) < 4.78 is 29.6. The van der Waals surface area contributed by atoms with Crippen molar-refractivity contribution in [2.45, 2.75) is 25.6 Å². The van der Waals surface area contributed by atoms with E-state index in [1.807, 2.05) is 9.95 Å². The van der Waals surface area contributed by atoms with Crippen LogP contribution in [0.3, 0.4) is 0 Å². The minimum absolute atomic E-state index is 0. The molecule has 7 nitrogen and oxygen atoms in total. The van der Waals surface area contributed by atoms with Crippen LogP contribution in [0.15, 0.2) is 53.4 Å². The molecule has 2 aromatic carbocycles. The van der Waals surface area contributed by atoms with E-state index in [0.29, 0.717) is 48.1 Å². The van der Waals surface area contributed by atoms with Crippen LogP contribution < -0.4 is 11.1 Å². The Hall–Kier alpha value is -2.99. The van der Waals surface area contributed by atoms with Gasteiger partial charge < -0.3 is 20.5 Å². The third-order valence-electron chi connectivity index (χ3n) is 5.81. The molecule has 1 atom stereocenters. The number of fused-ring (bicyclic) bond motifs is 1. The number of nitrogens with two attached hydrogens (primary N) is 1. The number of nitrogens with zero attached hydrogens (tertiary/aromatic N) is 4. The lowest BCUT2D eigenvalue weighted by molar-refractivity contribution is -0.134. The molecule has 2 aromatic heterocycles. The average Bonchev–Trinajstić information content (AvgIpc) is 3.49. The number of carbonyl (C=O) groups excluding carboxylic acids is 1. The van der Waals surface area contributed by atoms with E-state index in [1.165, 1.54) is 35.6 Å². The van der Waals surface area contributed by atoms with Crippen LogP contribution in [0.2, 0.25) is 5.02 Å². The summed E-state index contributed by atoms with van der Waals surface area (Å²) in [5.74, 6) is 0.168. The van der Waals surface area contributed by atoms with Crippen molar-refractivity contribution in [1.29, 1.82) is 0 Å². The molecule has 4 aromatic rings. The van der Waals surface area contributed by atoms with E-state index >= 15 is 0 Å². The number of thiazole rings is 1. The molecular formula is C24H23ClF2N6OS2. The van der Waals surface area contributed by atoms with Gasteiger partial charge in [-0.25, -0.2) is 18.7 Å². The Morgan fingerprint density at radius 3 is 2.67 bits per heavy atom. The van der Waals surface area contributed by atoms with Crippen LogP contribution in [0.5, 0.6) is 0 Å². The van der Waals surface area contributed by atoms with Gasteiger partial charge in [0.15, 0.2) is 0 Å². The minimum atomic E-state index is -0.704. The third-order valence-corrected chi connectivity index (χ3v) is 6.76. The van der Waals surface area contributed by atoms with Gasteiger partial charge in [0.05, 0.1) is 28.8 Å². The smallest absolute Gasteiger partial charge is 0.240 e. The van der Waals surface area contributed by atoms with Gasteiger partial charge in [-0.2, -0.15) is 13.5 Å². The lowest BCUT2D eigenvalue weighted by Crippen LogP contribution is -2.47. The molecule has 3 N–H and O–H groups in total. The maximum absolute atomic E-state index is 14.1. The van der Waals surface area contributed by atoms with Gasteiger partial charge in [-0.3, -0.25) is 4.79 Å². The molecule has 0 radical (unpaired) electrons. The molecule has 188 valence electrons. The van der Waals surface area contributed by atoms with E-state index < -0.39 is 11.9 Å². The van der Waals surface area contributed by atoms with Gasteiger partial charge in [0.2, 0.25) is 5.91 Å². The number of rotatable bonds is 6. The fourth-order valence-corrected chi connectivity index (χ4v) is 4.74. The van der Waals surface area contributed by atoms with Gasteiger partial charge in [-0.05, 0) is 42.5 Å². The fourth-order valence-electron chi connectivity index (χ4n) is 4.05. The lowest BCUT2D eigenvalue weighted by Gasteiger charge is -2.30. The second kappa shape index (κ2) is 11.0. The normalized spacial score (nSPS) is 13.6. The lowest BCUT2D eigenvalue weighted by atomic mass is 10.1. The van der Waals surface area contributed by atoms with Crippen molar-refractivity contribution in [3.8, 4) is 11.3 Å². The molecule has 0 saturated heterocycles. The predicted octanol–water partition coefficient (Wildman–Crippen LogP) is 4.71. The van der Waals surface area contributed by atoms with Crippen molar-refractivity contribution in [2.75, 3.05) is 11.9 Å². The first-order valence-corrected chi connectivity index (χ1v) is 12.2. The zero-order chi connectivity index (χ0) is 24.5. The van der Waals surface area contributed by atoms with Crippen LogP contribution in [-0.4, -0.2) is 37.9 Å². The molecule has 1 amide bonds. The van der Waals surface area contributed by atoms with Crippen molar-refractivity contribution in [2.24, 2.45) is 5.73 Å². The van der Waals surface area contributed by atoms with Crippen molar-refractivity contribution in [1.82, 2.24) is 19.4 Å². The first-order valence-electron chi connectivity index (χ1n) is 10.9. The van der Waals surface area contributed by atoms with Crippen molar-refractivity contribution < 1.29 is 13.6 Å². The number of aromatic nitrogens is 3. The van der Waals surface area contributed by atoms with E-state index in [9.17, 15) is 13.6 Å². The molecule has 12 heteroatoms. The maximum Gasteiger partial charge on any atom is 0.240 e. The van der Waals surface area contributed by atoms with Gasteiger partial charge in [0, 0.05) is 36.1 Å². The van der Waals surface area contributed by atoms with Gasteiger partial charge in [0.25, 0.3) is 0 Å². The zero-order valence-electron chi connectivity index (χ0n) is 18.9. The van der Waals surface area contributed by atoms with Crippen LogP contribution in [-0.2, 0) is 24.3 Å². The standard InChI is InChI=1S/C24H21ClF2N6OS.H2S/c25-18-6-5-16(9-19(18)27)30-23-22(14-1-3-15(26)4-2-14)31-21-11-32(7-8-33(21)23)24(34)20(28)10-17-12-35-13-29-17;/h1-6,9,12-13,20,30H,7-8,10-11,28H2;1H2/t20-;/m0./s1. The minimum Gasteiger partial charge on any atom is -0.340 e. The molecule has 1 aliphatic heterocycles. The molecule has 3 heterocycles. The predicted molar refractivity (Wildman–Crippen MR) is 142 cm³/mol. The molecule has 0 spiro atoms. The Bertz CT molecular complexity index is 1360. The Balaban J connectivity index is 0.00000304. The van der Waals surface area contributed by atoms with E-state index in [4.69, 9.17) is 22.3 Å². The van der Waals surface area contributed by atoms with Crippen LogP contribution in [0.4, 0.5) is 20.3 Å². The van der Waals surface area contributed by atoms with Crippen LogP contribution in [0, 0.1) is 11.6 Å². The maximum atomic E-state index is 14.1. The number of halogens is 3. The third kappa shape index (κ3) is 5.39. The van der Waals surface area contributed by atoms with Gasteiger partial charge in [-0.15, -0.1) is 11.3 Å². The molecule has 5 rings (SSSR count). The van der Waals surface area contributed by atoms with Crippen molar-refractivity contribution in [3.05, 3.63) is 81.5 Å². The molecular weight excluding hydrogens is 526 g/mol. The second-order valence-electron chi connectivity index (χ2n) is 8.19. The summed E-state index contributed by atoms with van der Waals surface area (Å²) in [6, 6.07) is 9.69. The highest BCUT2D eigenvalue weighted by Gasteiger charge is 2.29. The Kier molecular flexibility index (Phi) is 7.94. The van der Waals surface area contributed by atoms with E-state index in [0.717, 1.165) is 5.69 Å². The van der Waals surface area contributed by atoms with Gasteiger partial charge in [-0.1, -0.05) is 11.6 Å². The first-order chi connectivity index (χ1) is 16.9. The van der Waals surface area contributed by atoms with Crippen LogP contribution >= 0.6 is 36.4 Å². The summed E-state index contributed by atoms with van der Waals surface area (Å²) in [6.07, 6.45) is 0.364. The number of hydrogen-bond acceptors (Lipinski definition) is 6. The Labute approximate surface area is 222 Å². The van der Waals surface area contributed by atoms with Crippen molar-refractivity contribution in [3.63, 3.8) is 0 Å². The summed E-state index contributed by atoms with van der Waals surface area (Å²) in [6.45, 7) is 1.14. The van der Waals surface area contributed by atoms with E-state index in [2.05, 4.69) is 10.3 Å². The number of imidazole rings is 1. The van der Waals surface area contributed by atoms with Crippen molar-refractivity contribution >= 4 is 53.8 Å². The van der Waals surface area contributed by atoms with Gasteiger partial charge >= 0.3 is 0 Å². The highest BCUT2D eigenvalue weighted by atomic mass is 35.5. The SMILES string of the molecule is N[C@@H](Cc1cscn1)C(=O)N1CCn2c(nc(-c3ccc(F)cc3)c2Nc2ccc(Cl)c(F)c2)C1.S. The molecule has 1 aliphatic rings. The fraction of sp³-hybridized carbons (Fsp3) is 0.208. The van der Waals surface area contributed by atoms with Crippen LogP contribution in [0.25, 0.3) is 11.3 Å². The number of anilines is 2. The molecule has 0 fully saturated rings. The van der Waals surface area contributed by atoms with Crippen LogP contribution in [0.1, 0.15) is 11.5 Å². The quantitative estimate of drug-likeness (QED) is 0.364. The monoisotopic (exact) mass is 548 g/mol. The highest BCUT2D eigenvalue weighted by Crippen LogP contribution is 2.34. The molecule has 0 unspecified atom stereocenters. The molecule has 0 aliphatic carbocycles. The summed E-state index contributed by atoms with van der Waals surface area (Å²) in [7, 11) is 0. The number of amides is 1. The largest absolute Gasteiger partial charge is 0.340 e. The van der Waals surface area contributed by atoms with Gasteiger partial charge in [0.1, 0.15) is 29.0 Å². The number of carbonyl (C=O) groups is 1.